The van der Waals surface area contributed by atoms with E-state index in [9.17, 15) is 10.1 Å². The Bertz CT molecular complexity index is 987. The van der Waals surface area contributed by atoms with Crippen LogP contribution in [0.1, 0.15) is 36.1 Å². The number of piperazine rings is 1. The van der Waals surface area contributed by atoms with E-state index in [2.05, 4.69) is 81.9 Å². The zero-order valence-electron chi connectivity index (χ0n) is 20.5. The van der Waals surface area contributed by atoms with Gasteiger partial charge in [0.25, 0.3) is 0 Å². The lowest BCUT2D eigenvalue weighted by Crippen LogP contribution is -2.48. The van der Waals surface area contributed by atoms with Crippen molar-refractivity contribution in [1.29, 1.82) is 5.26 Å². The van der Waals surface area contributed by atoms with E-state index in [-0.39, 0.29) is 11.9 Å². The highest BCUT2D eigenvalue weighted by atomic mass is 16.2. The second kappa shape index (κ2) is 14.7. The van der Waals surface area contributed by atoms with Crippen molar-refractivity contribution in [3.63, 3.8) is 0 Å². The first-order chi connectivity index (χ1) is 17.2. The van der Waals surface area contributed by atoms with Gasteiger partial charge in [-0.25, -0.2) is 0 Å². The van der Waals surface area contributed by atoms with Crippen LogP contribution in [0.2, 0.25) is 0 Å². The van der Waals surface area contributed by atoms with Gasteiger partial charge in [0.15, 0.2) is 0 Å². The third-order valence-electron chi connectivity index (χ3n) is 6.08. The molecule has 1 aromatic heterocycles. The van der Waals surface area contributed by atoms with E-state index in [0.717, 1.165) is 38.2 Å². The summed E-state index contributed by atoms with van der Waals surface area (Å²) in [7, 11) is 0. The van der Waals surface area contributed by atoms with Gasteiger partial charge in [-0.15, -0.1) is 0 Å². The monoisotopic (exact) mass is 469 g/mol. The van der Waals surface area contributed by atoms with Crippen LogP contribution in [0.5, 0.6) is 0 Å². The van der Waals surface area contributed by atoms with Crippen molar-refractivity contribution < 1.29 is 4.79 Å². The van der Waals surface area contributed by atoms with Crippen molar-refractivity contribution in [3.05, 3.63) is 102 Å². The molecule has 1 fully saturated rings. The highest BCUT2D eigenvalue weighted by Gasteiger charge is 2.25. The van der Waals surface area contributed by atoms with Crippen molar-refractivity contribution in [2.24, 2.45) is 0 Å². The van der Waals surface area contributed by atoms with E-state index in [4.69, 9.17) is 0 Å². The maximum atomic E-state index is 11.2. The van der Waals surface area contributed by atoms with Crippen molar-refractivity contribution >= 4 is 5.91 Å². The average molecular weight is 470 g/mol. The Hall–Kier alpha value is -3.53. The van der Waals surface area contributed by atoms with Crippen LogP contribution >= 0.6 is 0 Å². The van der Waals surface area contributed by atoms with Gasteiger partial charge < -0.3 is 10.2 Å². The molecule has 0 saturated carbocycles. The number of amides is 1. The summed E-state index contributed by atoms with van der Waals surface area (Å²) in [6.45, 7) is 6.46. The molecule has 1 aliphatic rings. The number of hydrogen-bond acceptors (Lipinski definition) is 5. The van der Waals surface area contributed by atoms with E-state index in [1.807, 2.05) is 17.0 Å². The number of aryl methyl sites for hydroxylation is 1. The van der Waals surface area contributed by atoms with Gasteiger partial charge in [0, 0.05) is 57.6 Å². The molecule has 1 unspecified atom stereocenters. The number of carbonyl (C=O) groups excluding carboxylic acids is 1. The molecule has 1 atom stereocenters. The number of carbonyl (C=O) groups is 1. The SMILES string of the molecule is CC(=O)N1CCN(C(C#N)c2cccnc2)CC1.c1ccc(CCCNCc2ccccc2)cc1. The molecule has 0 spiro atoms. The third kappa shape index (κ3) is 8.97. The molecule has 1 saturated heterocycles. The standard InChI is InChI=1S/C16H19N.C13H16N4O/c1-3-8-15(9-4-1)12-7-13-17-14-16-10-5-2-6-11-16;1-11(18)16-5-7-17(8-6-16)13(9-14)12-3-2-4-15-10-12/h1-6,8-11,17H,7,12-14H2;2-4,10,13H,5-8H2,1H3. The number of aromatic nitrogens is 1. The lowest BCUT2D eigenvalue weighted by atomic mass is 10.1. The van der Waals surface area contributed by atoms with Crippen molar-refractivity contribution in [2.45, 2.75) is 32.4 Å². The number of rotatable bonds is 8. The van der Waals surface area contributed by atoms with Crippen LogP contribution in [-0.4, -0.2) is 53.4 Å². The first-order valence-corrected chi connectivity index (χ1v) is 12.2. The number of nitrogens with zero attached hydrogens (tertiary/aromatic N) is 4. The number of benzene rings is 2. The Balaban J connectivity index is 0.000000196. The molecule has 2 heterocycles. The number of nitrogens with one attached hydrogen (secondary N) is 1. The van der Waals surface area contributed by atoms with E-state index >= 15 is 0 Å². The number of hydrogen-bond donors (Lipinski definition) is 1. The molecule has 1 aliphatic heterocycles. The van der Waals surface area contributed by atoms with Crippen molar-refractivity contribution in [1.82, 2.24) is 20.1 Å². The Morgan fingerprint density at radius 2 is 1.63 bits per heavy atom. The van der Waals surface area contributed by atoms with Crippen LogP contribution < -0.4 is 5.32 Å². The summed E-state index contributed by atoms with van der Waals surface area (Å²) in [5.41, 5.74) is 3.69. The predicted molar refractivity (Wildman–Crippen MR) is 139 cm³/mol. The lowest BCUT2D eigenvalue weighted by Gasteiger charge is -2.36. The van der Waals surface area contributed by atoms with Crippen LogP contribution in [0.15, 0.2) is 85.2 Å². The molecular formula is C29H35N5O. The first-order valence-electron chi connectivity index (χ1n) is 12.2. The summed E-state index contributed by atoms with van der Waals surface area (Å²) in [5, 5.41) is 12.8. The number of nitriles is 1. The van der Waals surface area contributed by atoms with Crippen LogP contribution in [0.3, 0.4) is 0 Å². The maximum Gasteiger partial charge on any atom is 0.219 e. The van der Waals surface area contributed by atoms with Gasteiger partial charge in [-0.2, -0.15) is 5.26 Å². The summed E-state index contributed by atoms with van der Waals surface area (Å²) >= 11 is 0. The van der Waals surface area contributed by atoms with Gasteiger partial charge in [0.05, 0.1) is 6.07 Å². The zero-order chi connectivity index (χ0) is 24.7. The minimum absolute atomic E-state index is 0.101. The fourth-order valence-corrected chi connectivity index (χ4v) is 4.09. The highest BCUT2D eigenvalue weighted by Crippen LogP contribution is 2.20. The minimum Gasteiger partial charge on any atom is -0.340 e. The van der Waals surface area contributed by atoms with Gasteiger partial charge in [-0.1, -0.05) is 66.7 Å². The lowest BCUT2D eigenvalue weighted by molar-refractivity contribution is -0.130. The summed E-state index contributed by atoms with van der Waals surface area (Å²) in [5.74, 6) is 0.101. The molecular weight excluding hydrogens is 434 g/mol. The van der Waals surface area contributed by atoms with E-state index in [1.54, 1.807) is 19.3 Å². The molecule has 0 bridgehead atoms. The summed E-state index contributed by atoms with van der Waals surface area (Å²) < 4.78 is 0. The first kappa shape index (κ1) is 26.1. The topological polar surface area (TPSA) is 72.3 Å². The fraction of sp³-hybridized carbons (Fsp3) is 0.345. The fourth-order valence-electron chi connectivity index (χ4n) is 4.09. The van der Waals surface area contributed by atoms with Gasteiger partial charge in [0.1, 0.15) is 6.04 Å². The molecule has 182 valence electrons. The van der Waals surface area contributed by atoms with Gasteiger partial charge in [-0.05, 0) is 36.6 Å². The molecule has 4 rings (SSSR count). The van der Waals surface area contributed by atoms with Crippen LogP contribution in [0.4, 0.5) is 0 Å². The summed E-state index contributed by atoms with van der Waals surface area (Å²) in [4.78, 5) is 19.2. The predicted octanol–water partition coefficient (Wildman–Crippen LogP) is 4.22. The number of pyridine rings is 1. The molecule has 6 heteroatoms. The largest absolute Gasteiger partial charge is 0.340 e. The quantitative estimate of drug-likeness (QED) is 0.500. The van der Waals surface area contributed by atoms with Crippen LogP contribution in [0.25, 0.3) is 0 Å². The Morgan fingerprint density at radius 3 is 2.20 bits per heavy atom. The molecule has 1 amide bonds. The van der Waals surface area contributed by atoms with E-state index < -0.39 is 0 Å². The molecule has 0 aliphatic carbocycles. The summed E-state index contributed by atoms with van der Waals surface area (Å²) in [6.07, 6.45) is 5.77. The Morgan fingerprint density at radius 1 is 0.971 bits per heavy atom. The molecule has 1 N–H and O–H groups in total. The highest BCUT2D eigenvalue weighted by molar-refractivity contribution is 5.73. The normalized spacial score (nSPS) is 14.3. The van der Waals surface area contributed by atoms with Crippen molar-refractivity contribution in [3.8, 4) is 6.07 Å². The Labute approximate surface area is 209 Å². The third-order valence-corrected chi connectivity index (χ3v) is 6.08. The van der Waals surface area contributed by atoms with E-state index in [1.165, 1.54) is 17.5 Å². The zero-order valence-corrected chi connectivity index (χ0v) is 20.5. The van der Waals surface area contributed by atoms with Crippen LogP contribution in [-0.2, 0) is 17.8 Å². The van der Waals surface area contributed by atoms with Gasteiger partial charge in [0.2, 0.25) is 5.91 Å². The Kier molecular flexibility index (Phi) is 10.9. The maximum absolute atomic E-state index is 11.2. The molecule has 35 heavy (non-hydrogen) atoms. The molecule has 6 nitrogen and oxygen atoms in total. The molecule has 2 aromatic carbocycles. The molecule has 0 radical (unpaired) electrons. The van der Waals surface area contributed by atoms with E-state index in [0.29, 0.717) is 13.1 Å². The second-order valence-corrected chi connectivity index (χ2v) is 8.61. The minimum atomic E-state index is -0.271. The smallest absolute Gasteiger partial charge is 0.219 e. The second-order valence-electron chi connectivity index (χ2n) is 8.61. The van der Waals surface area contributed by atoms with Gasteiger partial charge in [-0.3, -0.25) is 14.7 Å². The average Bonchev–Trinajstić information content (AvgIpc) is 2.91. The molecule has 3 aromatic rings. The summed E-state index contributed by atoms with van der Waals surface area (Å²) in [6, 6.07) is 27.0. The van der Waals surface area contributed by atoms with Crippen molar-refractivity contribution in [2.75, 3.05) is 32.7 Å². The van der Waals surface area contributed by atoms with Gasteiger partial charge >= 0.3 is 0 Å². The van der Waals surface area contributed by atoms with Crippen LogP contribution in [0, 0.1) is 11.3 Å².